The molecule has 1 amide bonds. The SMILES string of the molecule is Cc1cccc(C)c1NC(=O)[C@H]1CCC[NH+](CCCc2ccccc2)C1. The Morgan fingerprint density at radius 2 is 1.81 bits per heavy atom. The normalized spacial score (nSPS) is 19.9. The monoisotopic (exact) mass is 351 g/mol. The number of hydrogen-bond donors (Lipinski definition) is 2. The lowest BCUT2D eigenvalue weighted by Gasteiger charge is -2.29. The van der Waals surface area contributed by atoms with Crippen LogP contribution in [0.1, 0.15) is 36.0 Å². The molecule has 1 fully saturated rings. The number of carbonyl (C=O) groups excluding carboxylic acids is 1. The number of nitrogens with one attached hydrogen (secondary N) is 2. The third-order valence-corrected chi connectivity index (χ3v) is 5.56. The van der Waals surface area contributed by atoms with E-state index in [9.17, 15) is 4.79 Å². The van der Waals surface area contributed by atoms with Crippen LogP contribution in [0.25, 0.3) is 0 Å². The van der Waals surface area contributed by atoms with E-state index in [0.29, 0.717) is 0 Å². The summed E-state index contributed by atoms with van der Waals surface area (Å²) in [6.45, 7) is 7.44. The first-order valence-corrected chi connectivity index (χ1v) is 9.88. The van der Waals surface area contributed by atoms with Crippen LogP contribution in [0.3, 0.4) is 0 Å². The minimum atomic E-state index is 0.134. The van der Waals surface area contributed by atoms with Gasteiger partial charge in [-0.05, 0) is 49.8 Å². The van der Waals surface area contributed by atoms with Gasteiger partial charge in [-0.3, -0.25) is 4.79 Å². The highest BCUT2D eigenvalue weighted by Gasteiger charge is 2.28. The maximum absolute atomic E-state index is 12.8. The molecule has 0 aliphatic carbocycles. The van der Waals surface area contributed by atoms with Crippen LogP contribution in [-0.4, -0.2) is 25.5 Å². The molecular weight excluding hydrogens is 320 g/mol. The van der Waals surface area contributed by atoms with Crippen LogP contribution in [-0.2, 0) is 11.2 Å². The number of rotatable bonds is 6. The van der Waals surface area contributed by atoms with E-state index in [4.69, 9.17) is 0 Å². The van der Waals surface area contributed by atoms with E-state index in [0.717, 1.165) is 49.2 Å². The molecule has 3 rings (SSSR count). The van der Waals surface area contributed by atoms with E-state index < -0.39 is 0 Å². The second kappa shape index (κ2) is 9.00. The molecule has 1 unspecified atom stereocenters. The molecule has 2 aromatic rings. The average Bonchev–Trinajstić information content (AvgIpc) is 2.66. The average molecular weight is 352 g/mol. The van der Waals surface area contributed by atoms with Crippen molar-refractivity contribution in [3.05, 3.63) is 65.2 Å². The first-order valence-electron chi connectivity index (χ1n) is 9.88. The molecular formula is C23H31N2O+. The lowest BCUT2D eigenvalue weighted by molar-refractivity contribution is -0.907. The fourth-order valence-electron chi connectivity index (χ4n) is 4.03. The van der Waals surface area contributed by atoms with E-state index in [1.54, 1.807) is 4.90 Å². The van der Waals surface area contributed by atoms with Gasteiger partial charge in [0.25, 0.3) is 0 Å². The standard InChI is InChI=1S/C23H30N2O/c1-18-9-6-10-19(2)22(18)24-23(26)21-14-8-16-25(17-21)15-7-13-20-11-4-3-5-12-20/h3-6,9-12,21H,7-8,13-17H2,1-2H3,(H,24,26)/p+1/t21-/m0/s1. The largest absolute Gasteiger partial charge is 0.334 e. The Labute approximate surface area is 157 Å². The van der Waals surface area contributed by atoms with Gasteiger partial charge in [0.1, 0.15) is 0 Å². The third kappa shape index (κ3) is 4.95. The molecule has 3 heteroatoms. The maximum Gasteiger partial charge on any atom is 0.233 e. The van der Waals surface area contributed by atoms with Crippen LogP contribution in [0.4, 0.5) is 5.69 Å². The molecule has 2 N–H and O–H groups in total. The third-order valence-electron chi connectivity index (χ3n) is 5.56. The number of quaternary nitrogens is 1. The van der Waals surface area contributed by atoms with E-state index in [1.165, 1.54) is 18.5 Å². The molecule has 0 radical (unpaired) electrons. The van der Waals surface area contributed by atoms with Crippen LogP contribution < -0.4 is 10.2 Å². The van der Waals surface area contributed by atoms with Gasteiger partial charge in [0.15, 0.2) is 0 Å². The minimum absolute atomic E-state index is 0.134. The molecule has 2 atom stereocenters. The molecule has 26 heavy (non-hydrogen) atoms. The van der Waals surface area contributed by atoms with Gasteiger partial charge in [-0.25, -0.2) is 0 Å². The van der Waals surface area contributed by atoms with Crippen molar-refractivity contribution >= 4 is 11.6 Å². The van der Waals surface area contributed by atoms with Gasteiger partial charge in [-0.15, -0.1) is 0 Å². The Morgan fingerprint density at radius 1 is 1.08 bits per heavy atom. The number of para-hydroxylation sites is 1. The van der Waals surface area contributed by atoms with E-state index in [2.05, 4.69) is 61.6 Å². The highest BCUT2D eigenvalue weighted by atomic mass is 16.1. The Bertz CT molecular complexity index is 706. The molecule has 0 bridgehead atoms. The predicted octanol–water partition coefficient (Wildman–Crippen LogP) is 3.17. The lowest BCUT2D eigenvalue weighted by atomic mass is 9.96. The molecule has 1 heterocycles. The van der Waals surface area contributed by atoms with Crippen molar-refractivity contribution in [1.29, 1.82) is 0 Å². The fraction of sp³-hybridized carbons (Fsp3) is 0.435. The number of piperidine rings is 1. The van der Waals surface area contributed by atoms with E-state index >= 15 is 0 Å². The Kier molecular flexibility index (Phi) is 6.45. The molecule has 0 spiro atoms. The Hall–Kier alpha value is -2.13. The number of likely N-dealkylation sites (tertiary alicyclic amines) is 1. The quantitative estimate of drug-likeness (QED) is 0.823. The summed E-state index contributed by atoms with van der Waals surface area (Å²) < 4.78 is 0. The van der Waals surface area contributed by atoms with Crippen molar-refractivity contribution in [2.24, 2.45) is 5.92 Å². The highest BCUT2D eigenvalue weighted by molar-refractivity contribution is 5.94. The van der Waals surface area contributed by atoms with Crippen molar-refractivity contribution in [3.8, 4) is 0 Å². The van der Waals surface area contributed by atoms with Crippen LogP contribution >= 0.6 is 0 Å². The van der Waals surface area contributed by atoms with Crippen LogP contribution in [0, 0.1) is 19.8 Å². The number of amides is 1. The number of anilines is 1. The second-order valence-corrected chi connectivity index (χ2v) is 7.64. The Balaban J connectivity index is 1.50. The van der Waals surface area contributed by atoms with Gasteiger partial charge >= 0.3 is 0 Å². The van der Waals surface area contributed by atoms with E-state index in [-0.39, 0.29) is 11.8 Å². The van der Waals surface area contributed by atoms with E-state index in [1.807, 2.05) is 6.07 Å². The van der Waals surface area contributed by atoms with Crippen LogP contribution in [0.15, 0.2) is 48.5 Å². The summed E-state index contributed by atoms with van der Waals surface area (Å²) in [5.74, 6) is 0.331. The smallest absolute Gasteiger partial charge is 0.233 e. The van der Waals surface area contributed by atoms with Crippen molar-refractivity contribution in [2.45, 2.75) is 39.5 Å². The summed E-state index contributed by atoms with van der Waals surface area (Å²) in [4.78, 5) is 14.4. The van der Waals surface area contributed by atoms with Crippen molar-refractivity contribution in [3.63, 3.8) is 0 Å². The highest BCUT2D eigenvalue weighted by Crippen LogP contribution is 2.21. The zero-order valence-corrected chi connectivity index (χ0v) is 16.1. The molecule has 0 saturated carbocycles. The number of hydrogen-bond acceptors (Lipinski definition) is 1. The van der Waals surface area contributed by atoms with Crippen molar-refractivity contribution < 1.29 is 9.69 Å². The van der Waals surface area contributed by atoms with Gasteiger partial charge in [0.05, 0.1) is 25.6 Å². The molecule has 3 nitrogen and oxygen atoms in total. The summed E-state index contributed by atoms with van der Waals surface area (Å²) in [7, 11) is 0. The van der Waals surface area contributed by atoms with Gasteiger partial charge in [-0.1, -0.05) is 48.5 Å². The van der Waals surface area contributed by atoms with Crippen LogP contribution in [0.2, 0.25) is 0 Å². The fourth-order valence-corrected chi connectivity index (χ4v) is 4.03. The first kappa shape index (κ1) is 18.7. The van der Waals surface area contributed by atoms with Gasteiger partial charge in [0.2, 0.25) is 5.91 Å². The summed E-state index contributed by atoms with van der Waals surface area (Å²) in [6, 6.07) is 16.8. The first-order chi connectivity index (χ1) is 12.6. The van der Waals surface area contributed by atoms with Gasteiger partial charge in [0, 0.05) is 12.1 Å². The zero-order chi connectivity index (χ0) is 18.4. The molecule has 1 aliphatic rings. The van der Waals surface area contributed by atoms with Gasteiger partial charge in [-0.2, -0.15) is 0 Å². The summed E-state index contributed by atoms with van der Waals surface area (Å²) >= 11 is 0. The summed E-state index contributed by atoms with van der Waals surface area (Å²) in [5.41, 5.74) is 4.68. The topological polar surface area (TPSA) is 33.5 Å². The summed E-state index contributed by atoms with van der Waals surface area (Å²) in [6.07, 6.45) is 4.47. The molecule has 1 saturated heterocycles. The van der Waals surface area contributed by atoms with Gasteiger partial charge < -0.3 is 10.2 Å². The Morgan fingerprint density at radius 3 is 2.54 bits per heavy atom. The minimum Gasteiger partial charge on any atom is -0.334 e. The number of carbonyl (C=O) groups is 1. The molecule has 138 valence electrons. The number of benzene rings is 2. The lowest BCUT2D eigenvalue weighted by Crippen LogP contribution is -3.13. The van der Waals surface area contributed by atoms with Crippen LogP contribution in [0.5, 0.6) is 0 Å². The summed E-state index contributed by atoms with van der Waals surface area (Å²) in [5, 5.41) is 3.20. The molecule has 1 aliphatic heterocycles. The predicted molar refractivity (Wildman–Crippen MR) is 108 cm³/mol. The van der Waals surface area contributed by atoms with Crippen molar-refractivity contribution in [2.75, 3.05) is 25.0 Å². The number of aryl methyl sites for hydroxylation is 3. The zero-order valence-electron chi connectivity index (χ0n) is 16.1. The van der Waals surface area contributed by atoms with Crippen molar-refractivity contribution in [1.82, 2.24) is 0 Å². The maximum atomic E-state index is 12.8. The molecule has 0 aromatic heterocycles. The molecule has 2 aromatic carbocycles. The second-order valence-electron chi connectivity index (χ2n) is 7.64.